The van der Waals surface area contributed by atoms with Gasteiger partial charge in [0.2, 0.25) is 5.91 Å². The van der Waals surface area contributed by atoms with Crippen molar-refractivity contribution in [2.75, 3.05) is 12.4 Å². The van der Waals surface area contributed by atoms with E-state index in [0.717, 1.165) is 39.7 Å². The molecule has 1 aliphatic heterocycles. The smallest absolute Gasteiger partial charge is 0.254 e. The molecule has 1 N–H and O–H groups in total. The number of benzene rings is 3. The SMILES string of the molecule is CCc1cccc(NC(=O)[C@@H]2c3ccccc3C(=O)N(C)[C@@H]2c2cn(C)c3ccccc23)c1. The van der Waals surface area contributed by atoms with Crippen LogP contribution in [0, 0.1) is 0 Å². The summed E-state index contributed by atoms with van der Waals surface area (Å²) in [6, 6.07) is 23.1. The lowest BCUT2D eigenvalue weighted by Crippen LogP contribution is -2.44. The molecule has 0 spiro atoms. The predicted octanol–water partition coefficient (Wildman–Crippen LogP) is 5.29. The van der Waals surface area contributed by atoms with Crippen LogP contribution in [0.15, 0.2) is 79.0 Å². The zero-order chi connectivity index (χ0) is 23.1. The average Bonchev–Trinajstić information content (AvgIpc) is 3.17. The van der Waals surface area contributed by atoms with Gasteiger partial charge in [-0.3, -0.25) is 9.59 Å². The van der Waals surface area contributed by atoms with Crippen LogP contribution >= 0.6 is 0 Å². The van der Waals surface area contributed by atoms with Crippen molar-refractivity contribution in [3.05, 3.63) is 101 Å². The average molecular weight is 438 g/mol. The molecule has 2 amide bonds. The number of aryl methyl sites for hydroxylation is 2. The van der Waals surface area contributed by atoms with Crippen LogP contribution in [0.5, 0.6) is 0 Å². The Kier molecular flexibility index (Phi) is 5.25. The standard InChI is InChI=1S/C28H27N3O2/c1-4-18-10-9-11-19(16-18)29-27(32)25-21-13-5-6-14-22(21)28(33)31(3)26(25)23-17-30(2)24-15-8-7-12-20(23)24/h5-17,25-26H,4H2,1-3H3,(H,29,32)/t25-,26-/m1/s1. The first-order valence-corrected chi connectivity index (χ1v) is 11.3. The summed E-state index contributed by atoms with van der Waals surface area (Å²) in [5.74, 6) is -0.728. The van der Waals surface area contributed by atoms with E-state index in [2.05, 4.69) is 35.0 Å². The van der Waals surface area contributed by atoms with E-state index in [1.807, 2.05) is 67.8 Å². The monoisotopic (exact) mass is 437 g/mol. The molecule has 0 saturated heterocycles. The van der Waals surface area contributed by atoms with Gasteiger partial charge < -0.3 is 14.8 Å². The maximum atomic E-state index is 13.9. The Morgan fingerprint density at radius 3 is 2.52 bits per heavy atom. The number of aromatic nitrogens is 1. The van der Waals surface area contributed by atoms with Crippen molar-refractivity contribution >= 4 is 28.4 Å². The number of carbonyl (C=O) groups excluding carboxylic acids is 2. The zero-order valence-corrected chi connectivity index (χ0v) is 19.1. The third-order valence-corrected chi connectivity index (χ3v) is 6.71. The molecule has 0 unspecified atom stereocenters. The fraction of sp³-hybridized carbons (Fsp3) is 0.214. The molecular weight excluding hydrogens is 410 g/mol. The highest BCUT2D eigenvalue weighted by Crippen LogP contribution is 2.44. The highest BCUT2D eigenvalue weighted by molar-refractivity contribution is 6.05. The van der Waals surface area contributed by atoms with Crippen molar-refractivity contribution in [1.82, 2.24) is 9.47 Å². The highest BCUT2D eigenvalue weighted by atomic mass is 16.2. The summed E-state index contributed by atoms with van der Waals surface area (Å²) < 4.78 is 2.06. The van der Waals surface area contributed by atoms with Crippen LogP contribution in [0.3, 0.4) is 0 Å². The van der Waals surface area contributed by atoms with Crippen molar-refractivity contribution in [2.24, 2.45) is 7.05 Å². The number of nitrogens with zero attached hydrogens (tertiary/aromatic N) is 2. The molecular formula is C28H27N3O2. The molecule has 33 heavy (non-hydrogen) atoms. The van der Waals surface area contributed by atoms with Crippen molar-refractivity contribution in [2.45, 2.75) is 25.3 Å². The van der Waals surface area contributed by atoms with Gasteiger partial charge >= 0.3 is 0 Å². The lowest BCUT2D eigenvalue weighted by atomic mass is 9.79. The first-order chi connectivity index (χ1) is 16.0. The molecule has 1 aromatic heterocycles. The topological polar surface area (TPSA) is 54.3 Å². The molecule has 5 nitrogen and oxygen atoms in total. The molecule has 0 fully saturated rings. The molecule has 2 atom stereocenters. The van der Waals surface area contributed by atoms with Gasteiger partial charge in [0.25, 0.3) is 5.91 Å². The Labute approximate surface area is 193 Å². The van der Waals surface area contributed by atoms with Gasteiger partial charge in [-0.2, -0.15) is 0 Å². The third-order valence-electron chi connectivity index (χ3n) is 6.71. The second kappa shape index (κ2) is 8.24. The first kappa shape index (κ1) is 21.0. The summed E-state index contributed by atoms with van der Waals surface area (Å²) in [6.07, 6.45) is 2.94. The zero-order valence-electron chi connectivity index (χ0n) is 19.1. The van der Waals surface area contributed by atoms with Crippen LogP contribution < -0.4 is 5.32 Å². The molecule has 0 aliphatic carbocycles. The number of carbonyl (C=O) groups is 2. The molecule has 2 heterocycles. The van der Waals surface area contributed by atoms with Gasteiger partial charge in [-0.25, -0.2) is 0 Å². The molecule has 0 radical (unpaired) electrons. The quantitative estimate of drug-likeness (QED) is 0.472. The van der Waals surface area contributed by atoms with Crippen molar-refractivity contribution in [3.63, 3.8) is 0 Å². The fourth-order valence-corrected chi connectivity index (χ4v) is 5.04. The van der Waals surface area contributed by atoms with E-state index in [1.54, 1.807) is 11.9 Å². The summed E-state index contributed by atoms with van der Waals surface area (Å²) >= 11 is 0. The molecule has 5 heteroatoms. The second-order valence-electron chi connectivity index (χ2n) is 8.68. The number of nitrogens with one attached hydrogen (secondary N) is 1. The lowest BCUT2D eigenvalue weighted by molar-refractivity contribution is -0.119. The van der Waals surface area contributed by atoms with Crippen molar-refractivity contribution < 1.29 is 9.59 Å². The Morgan fingerprint density at radius 1 is 0.939 bits per heavy atom. The van der Waals surface area contributed by atoms with Gasteiger partial charge in [-0.1, -0.05) is 55.5 Å². The van der Waals surface area contributed by atoms with Gasteiger partial charge in [-0.05, 0) is 41.8 Å². The summed E-state index contributed by atoms with van der Waals surface area (Å²) in [4.78, 5) is 28.9. The number of likely N-dealkylation sites (N-methyl/N-ethyl adjacent to an activating group) is 1. The number of para-hydroxylation sites is 1. The van der Waals surface area contributed by atoms with E-state index in [9.17, 15) is 9.59 Å². The Balaban J connectivity index is 1.66. The summed E-state index contributed by atoms with van der Waals surface area (Å²) in [5.41, 5.74) is 5.33. The van der Waals surface area contributed by atoms with Crippen LogP contribution in [0.4, 0.5) is 5.69 Å². The van der Waals surface area contributed by atoms with Crippen LogP contribution in [-0.2, 0) is 18.3 Å². The fourth-order valence-electron chi connectivity index (χ4n) is 5.04. The van der Waals surface area contributed by atoms with Crippen molar-refractivity contribution in [1.29, 1.82) is 0 Å². The number of anilines is 1. The summed E-state index contributed by atoms with van der Waals surface area (Å²) in [6.45, 7) is 2.09. The largest absolute Gasteiger partial charge is 0.350 e. The number of hydrogen-bond donors (Lipinski definition) is 1. The molecule has 3 aromatic carbocycles. The van der Waals surface area contributed by atoms with E-state index in [0.29, 0.717) is 5.56 Å². The third kappa shape index (κ3) is 3.50. The molecule has 1 aliphatic rings. The van der Waals surface area contributed by atoms with Gasteiger partial charge in [0.15, 0.2) is 0 Å². The van der Waals surface area contributed by atoms with E-state index in [4.69, 9.17) is 0 Å². The normalized spacial score (nSPS) is 17.8. The number of fused-ring (bicyclic) bond motifs is 2. The molecule has 4 aromatic rings. The summed E-state index contributed by atoms with van der Waals surface area (Å²) in [5, 5.41) is 4.18. The molecule has 0 saturated carbocycles. The first-order valence-electron chi connectivity index (χ1n) is 11.3. The number of rotatable bonds is 4. The summed E-state index contributed by atoms with van der Waals surface area (Å²) in [7, 11) is 3.79. The minimum atomic E-state index is -0.542. The minimum Gasteiger partial charge on any atom is -0.350 e. The predicted molar refractivity (Wildman–Crippen MR) is 131 cm³/mol. The molecule has 0 bridgehead atoms. The van der Waals surface area contributed by atoms with E-state index in [-0.39, 0.29) is 11.8 Å². The van der Waals surface area contributed by atoms with Crippen LogP contribution in [-0.4, -0.2) is 28.3 Å². The second-order valence-corrected chi connectivity index (χ2v) is 8.68. The maximum absolute atomic E-state index is 13.9. The van der Waals surface area contributed by atoms with E-state index >= 15 is 0 Å². The number of amides is 2. The Bertz CT molecular complexity index is 1370. The van der Waals surface area contributed by atoms with Gasteiger partial charge in [0, 0.05) is 48.0 Å². The Hall–Kier alpha value is -3.86. The minimum absolute atomic E-state index is 0.0689. The lowest BCUT2D eigenvalue weighted by Gasteiger charge is -2.39. The molecule has 166 valence electrons. The highest BCUT2D eigenvalue weighted by Gasteiger charge is 2.43. The maximum Gasteiger partial charge on any atom is 0.254 e. The van der Waals surface area contributed by atoms with Crippen LogP contribution in [0.2, 0.25) is 0 Å². The van der Waals surface area contributed by atoms with Gasteiger partial charge in [0.05, 0.1) is 12.0 Å². The van der Waals surface area contributed by atoms with Gasteiger partial charge in [-0.15, -0.1) is 0 Å². The van der Waals surface area contributed by atoms with Crippen LogP contribution in [0.25, 0.3) is 10.9 Å². The Morgan fingerprint density at radius 2 is 1.70 bits per heavy atom. The van der Waals surface area contributed by atoms with Crippen LogP contribution in [0.1, 0.15) is 45.9 Å². The number of hydrogen-bond acceptors (Lipinski definition) is 2. The van der Waals surface area contributed by atoms with Gasteiger partial charge in [0.1, 0.15) is 0 Å². The van der Waals surface area contributed by atoms with E-state index in [1.165, 1.54) is 0 Å². The van der Waals surface area contributed by atoms with Crippen molar-refractivity contribution in [3.8, 4) is 0 Å². The van der Waals surface area contributed by atoms with E-state index < -0.39 is 12.0 Å². The molecule has 5 rings (SSSR count).